The third kappa shape index (κ3) is 20.1. The number of fused-ring (bicyclic) bond motifs is 4. The molecule has 16 rings (SSSR count). The van der Waals surface area contributed by atoms with Gasteiger partial charge in [-0.1, -0.05) is 218 Å². The standard InChI is InChI=1S/4C23H24O6.Ca/c4*24-12-19-20(26)21(27)22(28)23(29-19)17-11-13(6-7-18(17)25)8-14-9-15-4-2-1-3-5-16(15)10-14;/h4*1-7,9-11,19-28H,8,12H2;/q;;;;+2/p-2/t4*19-,20-,21+,22-,23+;/m1111./s1. The van der Waals surface area contributed by atoms with E-state index in [1.807, 2.05) is 97.1 Å². The first-order chi connectivity index (χ1) is 55.9. The second-order valence-corrected chi connectivity index (χ2v) is 30.0. The smallest absolute Gasteiger partial charge is 0.872 e. The molecule has 4 saturated heterocycles. The van der Waals surface area contributed by atoms with E-state index in [-0.39, 0.29) is 71.9 Å². The molecule has 25 heteroatoms. The van der Waals surface area contributed by atoms with Crippen LogP contribution in [-0.4, -0.2) is 254 Å². The van der Waals surface area contributed by atoms with Crippen LogP contribution in [0.15, 0.2) is 243 Å². The van der Waals surface area contributed by atoms with Crippen molar-refractivity contribution in [1.29, 1.82) is 0 Å². The number of hydrogen-bond donors (Lipinski definition) is 18. The van der Waals surface area contributed by atoms with Crippen molar-refractivity contribution < 1.29 is 121 Å². The van der Waals surface area contributed by atoms with Crippen molar-refractivity contribution in [2.75, 3.05) is 26.4 Å². The number of rotatable bonds is 16. The van der Waals surface area contributed by atoms with Crippen molar-refractivity contribution in [3.63, 3.8) is 0 Å². The number of hydrogen-bond acceptors (Lipinski definition) is 24. The molecule has 0 spiro atoms. The zero-order valence-corrected chi connectivity index (χ0v) is 65.7. The Balaban J connectivity index is 0.000000143. The molecule has 0 radical (unpaired) electrons. The topological polar surface area (TPSA) is 447 Å². The molecule has 24 nitrogen and oxygen atoms in total. The van der Waals surface area contributed by atoms with Gasteiger partial charge in [0.15, 0.2) is 0 Å². The van der Waals surface area contributed by atoms with Crippen LogP contribution < -0.4 is 10.2 Å². The zero-order valence-electron chi connectivity index (χ0n) is 63.5. The van der Waals surface area contributed by atoms with Gasteiger partial charge in [-0.3, -0.25) is 0 Å². The average Bonchev–Trinajstić information content (AvgIpc) is 1.37. The summed E-state index contributed by atoms with van der Waals surface area (Å²) in [5.74, 6) is -0.842. The Labute approximate surface area is 705 Å². The van der Waals surface area contributed by atoms with Crippen molar-refractivity contribution in [2.24, 2.45) is 0 Å². The van der Waals surface area contributed by atoms with Crippen LogP contribution in [0.1, 0.15) is 91.2 Å². The number of benzene rings is 4. The maximum Gasteiger partial charge on any atom is 2.00 e. The quantitative estimate of drug-likeness (QED) is 0.0579. The van der Waals surface area contributed by atoms with Gasteiger partial charge in [0.05, 0.1) is 26.4 Å². The Morgan fingerprint density at radius 3 is 0.632 bits per heavy atom. The molecule has 4 aromatic carbocycles. The van der Waals surface area contributed by atoms with Gasteiger partial charge >= 0.3 is 37.7 Å². The fraction of sp³-hybridized carbons (Fsp3) is 0.304. The summed E-state index contributed by atoms with van der Waals surface area (Å²) < 4.78 is 22.3. The molecular formula is C92H94CaO24. The van der Waals surface area contributed by atoms with E-state index in [2.05, 4.69) is 72.8 Å². The Hall–Kier alpha value is -8.66. The number of aliphatic hydroxyl groups is 16. The van der Waals surface area contributed by atoms with E-state index in [9.17, 15) is 102 Å². The largest absolute Gasteiger partial charge is 2.00 e. The van der Waals surface area contributed by atoms with Crippen LogP contribution in [0, 0.1) is 0 Å². The van der Waals surface area contributed by atoms with Crippen LogP contribution in [0.4, 0.5) is 0 Å². The molecule has 4 heterocycles. The Bertz CT molecular complexity index is 4330. The number of aliphatic hydroxyl groups excluding tert-OH is 16. The van der Waals surface area contributed by atoms with Crippen LogP contribution in [0.5, 0.6) is 23.0 Å². The van der Waals surface area contributed by atoms with Crippen LogP contribution >= 0.6 is 0 Å². The summed E-state index contributed by atoms with van der Waals surface area (Å²) in [7, 11) is 0. The molecule has 8 aliphatic carbocycles. The van der Waals surface area contributed by atoms with Gasteiger partial charge < -0.3 is 121 Å². The second kappa shape index (κ2) is 39.5. The predicted octanol–water partition coefficient (Wildman–Crippen LogP) is 4.77. The molecule has 0 saturated carbocycles. The van der Waals surface area contributed by atoms with E-state index in [0.29, 0.717) is 36.8 Å². The number of phenolic OH excluding ortho intramolecular Hbond substituents is 2. The van der Waals surface area contributed by atoms with E-state index in [4.69, 9.17) is 18.9 Å². The normalized spacial score (nSPS) is 27.0. The third-order valence-corrected chi connectivity index (χ3v) is 21.9. The van der Waals surface area contributed by atoms with Crippen LogP contribution in [0.2, 0.25) is 0 Å². The van der Waals surface area contributed by atoms with Crippen molar-refractivity contribution in [3.05, 3.63) is 309 Å². The molecule has 12 aliphatic rings. The first-order valence-electron chi connectivity index (χ1n) is 38.3. The van der Waals surface area contributed by atoms with Gasteiger partial charge in [-0.05, 0) is 150 Å². The molecule has 0 unspecified atom stereocenters. The summed E-state index contributed by atoms with van der Waals surface area (Å²) in [4.78, 5) is 0. The average molecular weight is 1620 g/mol. The summed E-state index contributed by atoms with van der Waals surface area (Å²) in [6.45, 7) is -2.10. The summed E-state index contributed by atoms with van der Waals surface area (Å²) in [5, 5.41) is 205. The van der Waals surface area contributed by atoms with Crippen molar-refractivity contribution in [3.8, 4) is 67.5 Å². The Morgan fingerprint density at radius 1 is 0.222 bits per heavy atom. The number of aromatic hydroxyl groups is 2. The van der Waals surface area contributed by atoms with Gasteiger partial charge in [0.1, 0.15) is 134 Å². The summed E-state index contributed by atoms with van der Waals surface area (Å²) in [6.07, 6.45) is -23.8. The van der Waals surface area contributed by atoms with E-state index < -0.39 is 149 Å². The molecule has 608 valence electrons. The summed E-state index contributed by atoms with van der Waals surface area (Å²) in [6, 6.07) is 76.6. The van der Waals surface area contributed by atoms with E-state index in [1.54, 1.807) is 48.5 Å². The van der Waals surface area contributed by atoms with Crippen molar-refractivity contribution >= 4 is 37.7 Å². The molecule has 20 atom stereocenters. The Kier molecular flexibility index (Phi) is 29.6. The number of phenols is 2. The molecule has 18 N–H and O–H groups in total. The summed E-state index contributed by atoms with van der Waals surface area (Å²) >= 11 is 0. The molecule has 117 heavy (non-hydrogen) atoms. The maximum atomic E-state index is 12.4. The van der Waals surface area contributed by atoms with E-state index >= 15 is 0 Å². The second-order valence-electron chi connectivity index (χ2n) is 30.0. The molecule has 0 aromatic heterocycles. The molecule has 0 bridgehead atoms. The van der Waals surface area contributed by atoms with Crippen molar-refractivity contribution in [1.82, 2.24) is 0 Å². The van der Waals surface area contributed by atoms with Gasteiger partial charge in [-0.15, -0.1) is 11.5 Å². The van der Waals surface area contributed by atoms with Gasteiger partial charge in [0, 0.05) is 11.1 Å². The first-order valence-corrected chi connectivity index (χ1v) is 38.3. The minimum atomic E-state index is -1.52. The molecule has 4 aliphatic heterocycles. The number of ether oxygens (including phenoxy) is 4. The van der Waals surface area contributed by atoms with Gasteiger partial charge in [0.2, 0.25) is 0 Å². The van der Waals surface area contributed by atoms with Gasteiger partial charge in [0.25, 0.3) is 0 Å². The van der Waals surface area contributed by atoms with Crippen LogP contribution in [0.25, 0.3) is 44.5 Å². The minimum absolute atomic E-state index is 0. The van der Waals surface area contributed by atoms with Crippen LogP contribution in [-0.2, 0) is 44.6 Å². The van der Waals surface area contributed by atoms with Gasteiger partial charge in [-0.25, -0.2) is 0 Å². The van der Waals surface area contributed by atoms with Crippen molar-refractivity contribution in [2.45, 2.75) is 148 Å². The monoisotopic (exact) mass is 1620 g/mol. The minimum Gasteiger partial charge on any atom is -0.872 e. The predicted molar refractivity (Wildman–Crippen MR) is 428 cm³/mol. The first kappa shape index (κ1) is 87.6. The van der Waals surface area contributed by atoms with E-state index in [1.165, 1.54) is 24.3 Å². The summed E-state index contributed by atoms with van der Waals surface area (Å²) in [5.41, 5.74) is 18.0. The SMILES string of the molecule is OC[C@H]1O[C@@H](c2cc(Cc3cc4cccccc-4c3)ccc2O)[C@H](O)[C@@H](O)[C@@H]1O.OC[C@H]1O[C@@H](c2cc(Cc3cc4cccccc-4c3)ccc2O)[C@H](O)[C@@H](O)[C@@H]1O.[Ca+2].[O-]c1ccc(Cc2cc3cccccc-3c2)cc1[C@@H]1O[C@H](CO)[C@@H](O)[C@H](O)[C@H]1O.[O-]c1ccc(Cc2cc3cccccc-3c2)cc1[C@@H]1O[C@H](CO)[C@@H](O)[C@H](O)[C@H]1O. The maximum absolute atomic E-state index is 12.4. The molecule has 4 fully saturated rings. The third-order valence-electron chi connectivity index (χ3n) is 21.9. The van der Waals surface area contributed by atoms with Gasteiger partial charge in [-0.2, -0.15) is 0 Å². The molecule has 4 aromatic rings. The molecular weight excluding hydrogens is 1530 g/mol. The van der Waals surface area contributed by atoms with E-state index in [0.717, 1.165) is 89.0 Å². The van der Waals surface area contributed by atoms with Crippen LogP contribution in [0.3, 0.4) is 0 Å². The zero-order chi connectivity index (χ0) is 82.2. The fourth-order valence-corrected chi connectivity index (χ4v) is 15.6. The molecule has 0 amide bonds. The Morgan fingerprint density at radius 2 is 0.419 bits per heavy atom. The fourth-order valence-electron chi connectivity index (χ4n) is 15.6.